The number of rotatable bonds is 7. The lowest BCUT2D eigenvalue weighted by Gasteiger charge is -2.33. The van der Waals surface area contributed by atoms with Gasteiger partial charge in [0.05, 0.1) is 31.2 Å². The molecule has 0 saturated carbocycles. The van der Waals surface area contributed by atoms with Crippen LogP contribution in [0, 0.1) is 11.3 Å². The van der Waals surface area contributed by atoms with Crippen molar-refractivity contribution in [1.29, 1.82) is 5.26 Å². The third kappa shape index (κ3) is 5.21. The molecule has 27 heavy (non-hydrogen) atoms. The van der Waals surface area contributed by atoms with Gasteiger partial charge in [-0.05, 0) is 24.3 Å². The summed E-state index contributed by atoms with van der Waals surface area (Å²) in [5.74, 6) is 2.69. The monoisotopic (exact) mass is 387 g/mol. The predicted molar refractivity (Wildman–Crippen MR) is 101 cm³/mol. The summed E-state index contributed by atoms with van der Waals surface area (Å²) < 4.78 is 10.5. The van der Waals surface area contributed by atoms with E-state index in [1.54, 1.807) is 7.11 Å². The van der Waals surface area contributed by atoms with Gasteiger partial charge in [-0.2, -0.15) is 10.2 Å². The number of hydrogen-bond donors (Lipinski definition) is 0. The van der Waals surface area contributed by atoms with Crippen molar-refractivity contribution in [3.05, 3.63) is 30.2 Å². The first-order valence-electron chi connectivity index (χ1n) is 8.61. The van der Waals surface area contributed by atoms with E-state index in [0.29, 0.717) is 42.9 Å². The summed E-state index contributed by atoms with van der Waals surface area (Å²) in [6, 6.07) is 9.53. The van der Waals surface area contributed by atoms with Crippen LogP contribution >= 0.6 is 11.8 Å². The van der Waals surface area contributed by atoms with Gasteiger partial charge in [-0.1, -0.05) is 5.16 Å². The number of carbonyl (C=O) groups is 1. The lowest BCUT2D eigenvalue weighted by atomic mass is 10.2. The van der Waals surface area contributed by atoms with Crippen molar-refractivity contribution >= 4 is 17.7 Å². The zero-order valence-electron chi connectivity index (χ0n) is 15.1. The first-order chi connectivity index (χ1) is 13.2. The van der Waals surface area contributed by atoms with Crippen molar-refractivity contribution in [2.45, 2.75) is 6.54 Å². The first-order valence-corrected chi connectivity index (χ1v) is 9.77. The molecular weight excluding hydrogens is 366 g/mol. The molecule has 0 spiro atoms. The number of methoxy groups -OCH3 is 1. The second kappa shape index (κ2) is 9.39. The van der Waals surface area contributed by atoms with Gasteiger partial charge < -0.3 is 14.2 Å². The largest absolute Gasteiger partial charge is 0.497 e. The van der Waals surface area contributed by atoms with Gasteiger partial charge in [0, 0.05) is 31.7 Å². The Morgan fingerprint density at radius 1 is 1.30 bits per heavy atom. The SMILES string of the molecule is COc1ccc(-c2noc(CN3CCN(C(=O)CSCC#N)CC3)n2)cc1. The summed E-state index contributed by atoms with van der Waals surface area (Å²) in [5, 5.41) is 12.6. The van der Waals surface area contributed by atoms with Gasteiger partial charge in [0.15, 0.2) is 0 Å². The molecule has 9 heteroatoms. The topological polar surface area (TPSA) is 95.5 Å². The second-order valence-corrected chi connectivity index (χ2v) is 7.03. The lowest BCUT2D eigenvalue weighted by Crippen LogP contribution is -2.48. The minimum Gasteiger partial charge on any atom is -0.497 e. The Kier molecular flexibility index (Phi) is 6.68. The number of benzene rings is 1. The molecule has 1 amide bonds. The highest BCUT2D eigenvalue weighted by Crippen LogP contribution is 2.20. The van der Waals surface area contributed by atoms with Crippen LogP contribution < -0.4 is 4.74 Å². The molecule has 1 aliphatic rings. The second-order valence-electron chi connectivity index (χ2n) is 6.05. The fourth-order valence-corrected chi connectivity index (χ4v) is 3.35. The van der Waals surface area contributed by atoms with Crippen molar-refractivity contribution < 1.29 is 14.1 Å². The van der Waals surface area contributed by atoms with Gasteiger partial charge in [-0.25, -0.2) is 0 Å². The normalized spacial score (nSPS) is 14.7. The van der Waals surface area contributed by atoms with Crippen molar-refractivity contribution in [2.24, 2.45) is 0 Å². The van der Waals surface area contributed by atoms with E-state index in [-0.39, 0.29) is 5.91 Å². The van der Waals surface area contributed by atoms with Crippen LogP contribution in [0.2, 0.25) is 0 Å². The van der Waals surface area contributed by atoms with E-state index < -0.39 is 0 Å². The summed E-state index contributed by atoms with van der Waals surface area (Å²) in [6.07, 6.45) is 0. The van der Waals surface area contributed by atoms with Gasteiger partial charge in [0.1, 0.15) is 5.75 Å². The Hall–Kier alpha value is -2.57. The molecule has 0 unspecified atom stereocenters. The zero-order chi connectivity index (χ0) is 19.1. The number of hydrogen-bond acceptors (Lipinski definition) is 8. The maximum atomic E-state index is 12.1. The first kappa shape index (κ1) is 19.2. The van der Waals surface area contributed by atoms with Gasteiger partial charge >= 0.3 is 0 Å². The van der Waals surface area contributed by atoms with Gasteiger partial charge in [-0.3, -0.25) is 9.69 Å². The van der Waals surface area contributed by atoms with E-state index in [2.05, 4.69) is 15.0 Å². The van der Waals surface area contributed by atoms with Crippen LogP contribution in [-0.4, -0.2) is 70.6 Å². The quantitative estimate of drug-likeness (QED) is 0.662. The van der Waals surface area contributed by atoms with Crippen LogP contribution in [0.3, 0.4) is 0 Å². The van der Waals surface area contributed by atoms with Crippen molar-refractivity contribution in [1.82, 2.24) is 19.9 Å². The number of nitriles is 1. The van der Waals surface area contributed by atoms with Crippen molar-refractivity contribution in [2.75, 3.05) is 44.8 Å². The van der Waals surface area contributed by atoms with Crippen LogP contribution in [0.15, 0.2) is 28.8 Å². The summed E-state index contributed by atoms with van der Waals surface area (Å²) in [4.78, 5) is 20.6. The number of aromatic nitrogens is 2. The summed E-state index contributed by atoms with van der Waals surface area (Å²) in [5.41, 5.74) is 0.871. The van der Waals surface area contributed by atoms with E-state index in [9.17, 15) is 4.79 Å². The standard InChI is InChI=1S/C18H21N5O3S/c1-25-15-4-2-14(3-5-15)18-20-16(26-21-18)12-22-7-9-23(10-8-22)17(24)13-27-11-6-19/h2-5H,7-13H2,1H3. The third-order valence-electron chi connectivity index (χ3n) is 4.29. The number of thioether (sulfide) groups is 1. The molecule has 3 rings (SSSR count). The lowest BCUT2D eigenvalue weighted by molar-refractivity contribution is -0.130. The van der Waals surface area contributed by atoms with Crippen molar-refractivity contribution in [3.63, 3.8) is 0 Å². The molecule has 0 atom stereocenters. The fourth-order valence-electron chi connectivity index (χ4n) is 2.80. The molecular formula is C18H21N5O3S. The average molecular weight is 387 g/mol. The predicted octanol–water partition coefficient (Wildman–Crippen LogP) is 1.65. The molecule has 1 aromatic heterocycles. The molecule has 0 radical (unpaired) electrons. The molecule has 2 heterocycles. The number of ether oxygens (including phenoxy) is 1. The van der Waals surface area contributed by atoms with Crippen LogP contribution in [0.25, 0.3) is 11.4 Å². The molecule has 142 valence electrons. The molecule has 0 N–H and O–H groups in total. The molecule has 1 aromatic carbocycles. The maximum absolute atomic E-state index is 12.1. The summed E-state index contributed by atoms with van der Waals surface area (Å²) >= 11 is 1.35. The molecule has 1 fully saturated rings. The highest BCUT2D eigenvalue weighted by Gasteiger charge is 2.22. The molecule has 1 aliphatic heterocycles. The summed E-state index contributed by atoms with van der Waals surface area (Å²) in [7, 11) is 1.62. The van der Waals surface area contributed by atoms with E-state index >= 15 is 0 Å². The van der Waals surface area contributed by atoms with E-state index in [1.807, 2.05) is 35.2 Å². The van der Waals surface area contributed by atoms with E-state index in [1.165, 1.54) is 11.8 Å². The zero-order valence-corrected chi connectivity index (χ0v) is 15.9. The van der Waals surface area contributed by atoms with Gasteiger partial charge in [0.2, 0.25) is 17.6 Å². The smallest absolute Gasteiger partial charge is 0.241 e. The Morgan fingerprint density at radius 2 is 2.04 bits per heavy atom. The number of carbonyl (C=O) groups excluding carboxylic acids is 1. The highest BCUT2D eigenvalue weighted by molar-refractivity contribution is 8.00. The molecule has 2 aromatic rings. The van der Waals surface area contributed by atoms with Crippen LogP contribution in [0.1, 0.15) is 5.89 Å². The van der Waals surface area contributed by atoms with Crippen LogP contribution in [0.5, 0.6) is 5.75 Å². The summed E-state index contributed by atoms with van der Waals surface area (Å²) in [6.45, 7) is 3.43. The van der Waals surface area contributed by atoms with E-state index in [0.717, 1.165) is 24.4 Å². The Morgan fingerprint density at radius 3 is 2.70 bits per heavy atom. The van der Waals surface area contributed by atoms with Gasteiger partial charge in [-0.15, -0.1) is 11.8 Å². The fraction of sp³-hybridized carbons (Fsp3) is 0.444. The van der Waals surface area contributed by atoms with E-state index in [4.69, 9.17) is 14.5 Å². The Balaban J connectivity index is 1.49. The number of nitrogens with zero attached hydrogens (tertiary/aromatic N) is 5. The Labute approximate surface area is 162 Å². The molecule has 1 saturated heterocycles. The number of amides is 1. The Bertz CT molecular complexity index is 794. The minimum absolute atomic E-state index is 0.0921. The van der Waals surface area contributed by atoms with Gasteiger partial charge in [0.25, 0.3) is 0 Å². The minimum atomic E-state index is 0.0921. The van der Waals surface area contributed by atoms with Crippen LogP contribution in [0.4, 0.5) is 0 Å². The number of piperazine rings is 1. The maximum Gasteiger partial charge on any atom is 0.241 e. The van der Waals surface area contributed by atoms with Crippen molar-refractivity contribution in [3.8, 4) is 23.2 Å². The third-order valence-corrected chi connectivity index (χ3v) is 5.08. The highest BCUT2D eigenvalue weighted by atomic mass is 32.2. The van der Waals surface area contributed by atoms with Crippen LogP contribution in [-0.2, 0) is 11.3 Å². The molecule has 0 aliphatic carbocycles. The molecule has 8 nitrogen and oxygen atoms in total. The molecule has 0 bridgehead atoms. The average Bonchev–Trinajstić information content (AvgIpc) is 3.17.